The number of fused-ring (bicyclic) bond motifs is 1. The highest BCUT2D eigenvalue weighted by Crippen LogP contribution is 2.09. The standard InChI is InChI=1S/C16H20N4O2/c21-12-11-18-7-9-19(10-8-18)16(22)5-4-14-13-17-15-3-1-2-6-20(14)15/h1-6,13,21H,7-12H2/b5-4+. The maximum Gasteiger partial charge on any atom is 0.246 e. The molecule has 1 saturated heterocycles. The van der Waals surface area contributed by atoms with Crippen LogP contribution in [0.25, 0.3) is 11.7 Å². The van der Waals surface area contributed by atoms with Gasteiger partial charge in [-0.15, -0.1) is 0 Å². The minimum absolute atomic E-state index is 0.0227. The summed E-state index contributed by atoms with van der Waals surface area (Å²) in [5.74, 6) is 0.0227. The molecule has 0 spiro atoms. The van der Waals surface area contributed by atoms with Crippen molar-refractivity contribution < 1.29 is 9.90 Å². The average Bonchev–Trinajstić information content (AvgIpc) is 2.97. The molecule has 0 aliphatic carbocycles. The van der Waals surface area contributed by atoms with E-state index in [0.29, 0.717) is 19.6 Å². The summed E-state index contributed by atoms with van der Waals surface area (Å²) in [5.41, 5.74) is 1.76. The molecule has 0 aromatic carbocycles. The molecule has 1 aliphatic heterocycles. The second-order valence-electron chi connectivity index (χ2n) is 5.34. The first-order valence-corrected chi connectivity index (χ1v) is 7.50. The van der Waals surface area contributed by atoms with Crippen LogP contribution in [0.15, 0.2) is 36.7 Å². The van der Waals surface area contributed by atoms with Gasteiger partial charge < -0.3 is 14.4 Å². The molecule has 3 rings (SSSR count). The topological polar surface area (TPSA) is 61.1 Å². The minimum atomic E-state index is 0.0227. The van der Waals surface area contributed by atoms with E-state index in [0.717, 1.165) is 24.4 Å². The lowest BCUT2D eigenvalue weighted by atomic mass is 10.3. The largest absolute Gasteiger partial charge is 0.395 e. The normalized spacial score (nSPS) is 16.7. The molecule has 1 amide bonds. The van der Waals surface area contributed by atoms with Gasteiger partial charge in [-0.25, -0.2) is 4.98 Å². The Morgan fingerprint density at radius 1 is 1.27 bits per heavy atom. The Labute approximate surface area is 129 Å². The van der Waals surface area contributed by atoms with E-state index in [9.17, 15) is 4.79 Å². The molecule has 22 heavy (non-hydrogen) atoms. The van der Waals surface area contributed by atoms with Crippen molar-refractivity contribution in [2.45, 2.75) is 0 Å². The number of carbonyl (C=O) groups excluding carboxylic acids is 1. The molecule has 0 saturated carbocycles. The summed E-state index contributed by atoms with van der Waals surface area (Å²) in [7, 11) is 0. The molecule has 3 heterocycles. The Balaban J connectivity index is 1.62. The van der Waals surface area contributed by atoms with Crippen LogP contribution in [0.1, 0.15) is 5.69 Å². The number of aliphatic hydroxyl groups is 1. The van der Waals surface area contributed by atoms with Gasteiger partial charge in [-0.1, -0.05) is 6.07 Å². The number of aromatic nitrogens is 2. The number of carbonyl (C=O) groups is 1. The van der Waals surface area contributed by atoms with Crippen molar-refractivity contribution in [3.8, 4) is 0 Å². The van der Waals surface area contributed by atoms with Gasteiger partial charge in [-0.2, -0.15) is 0 Å². The molecule has 0 unspecified atom stereocenters. The van der Waals surface area contributed by atoms with E-state index >= 15 is 0 Å². The fourth-order valence-corrected chi connectivity index (χ4v) is 2.67. The van der Waals surface area contributed by atoms with Crippen LogP contribution in [0.5, 0.6) is 0 Å². The molecular formula is C16H20N4O2. The fourth-order valence-electron chi connectivity index (χ4n) is 2.67. The maximum atomic E-state index is 12.2. The van der Waals surface area contributed by atoms with Gasteiger partial charge in [0.15, 0.2) is 0 Å². The van der Waals surface area contributed by atoms with Crippen molar-refractivity contribution in [2.75, 3.05) is 39.3 Å². The Morgan fingerprint density at radius 2 is 2.09 bits per heavy atom. The van der Waals surface area contributed by atoms with Crippen LogP contribution >= 0.6 is 0 Å². The monoisotopic (exact) mass is 300 g/mol. The number of β-amino-alcohol motifs (C(OH)–C–C–N with tert-alkyl or cyclic N) is 1. The molecule has 0 bridgehead atoms. The van der Waals surface area contributed by atoms with Crippen molar-refractivity contribution in [2.24, 2.45) is 0 Å². The van der Waals surface area contributed by atoms with E-state index in [1.165, 1.54) is 0 Å². The third-order valence-electron chi connectivity index (χ3n) is 3.94. The summed E-state index contributed by atoms with van der Waals surface area (Å²) < 4.78 is 1.95. The summed E-state index contributed by atoms with van der Waals surface area (Å²) >= 11 is 0. The van der Waals surface area contributed by atoms with Crippen molar-refractivity contribution in [1.29, 1.82) is 0 Å². The second-order valence-corrected chi connectivity index (χ2v) is 5.34. The second kappa shape index (κ2) is 6.72. The molecule has 116 valence electrons. The van der Waals surface area contributed by atoms with E-state index in [4.69, 9.17) is 5.11 Å². The van der Waals surface area contributed by atoms with Gasteiger partial charge in [-0.3, -0.25) is 9.69 Å². The average molecular weight is 300 g/mol. The number of imidazole rings is 1. The van der Waals surface area contributed by atoms with E-state index in [1.54, 1.807) is 12.3 Å². The number of hydrogen-bond donors (Lipinski definition) is 1. The SMILES string of the molecule is O=C(/C=C/c1cnc2ccccn12)N1CCN(CCO)CC1. The van der Waals surface area contributed by atoms with Crippen LogP contribution in [-0.2, 0) is 4.79 Å². The van der Waals surface area contributed by atoms with Crippen molar-refractivity contribution >= 4 is 17.6 Å². The molecule has 2 aromatic rings. The number of rotatable bonds is 4. The smallest absolute Gasteiger partial charge is 0.246 e. The maximum absolute atomic E-state index is 12.2. The quantitative estimate of drug-likeness (QED) is 0.835. The highest BCUT2D eigenvalue weighted by Gasteiger charge is 2.18. The Hall–Kier alpha value is -2.18. The molecule has 6 heteroatoms. The van der Waals surface area contributed by atoms with Gasteiger partial charge in [0, 0.05) is 45.0 Å². The number of aliphatic hydroxyl groups excluding tert-OH is 1. The van der Waals surface area contributed by atoms with Gasteiger partial charge in [0.05, 0.1) is 18.5 Å². The highest BCUT2D eigenvalue weighted by atomic mass is 16.3. The van der Waals surface area contributed by atoms with Crippen LogP contribution in [0.3, 0.4) is 0 Å². The zero-order valence-electron chi connectivity index (χ0n) is 12.4. The summed E-state index contributed by atoms with van der Waals surface area (Å²) in [4.78, 5) is 20.5. The molecule has 0 radical (unpaired) electrons. The number of hydrogen-bond acceptors (Lipinski definition) is 4. The number of pyridine rings is 1. The number of nitrogens with zero attached hydrogens (tertiary/aromatic N) is 4. The summed E-state index contributed by atoms with van der Waals surface area (Å²) in [6.07, 6.45) is 7.11. The highest BCUT2D eigenvalue weighted by molar-refractivity contribution is 5.91. The third kappa shape index (κ3) is 3.18. The zero-order chi connectivity index (χ0) is 15.4. The predicted octanol–water partition coefficient (Wildman–Crippen LogP) is 0.484. The van der Waals surface area contributed by atoms with Gasteiger partial charge in [-0.05, 0) is 18.2 Å². The van der Waals surface area contributed by atoms with E-state index < -0.39 is 0 Å². The molecular weight excluding hydrogens is 280 g/mol. The summed E-state index contributed by atoms with van der Waals surface area (Å²) in [6, 6.07) is 5.81. The van der Waals surface area contributed by atoms with Gasteiger partial charge in [0.1, 0.15) is 5.65 Å². The van der Waals surface area contributed by atoms with E-state index in [2.05, 4.69) is 9.88 Å². The summed E-state index contributed by atoms with van der Waals surface area (Å²) in [5, 5.41) is 8.93. The van der Waals surface area contributed by atoms with Gasteiger partial charge >= 0.3 is 0 Å². The fraction of sp³-hybridized carbons (Fsp3) is 0.375. The number of amides is 1. The third-order valence-corrected chi connectivity index (χ3v) is 3.94. The van der Waals surface area contributed by atoms with Crippen molar-refractivity contribution in [1.82, 2.24) is 19.2 Å². The molecule has 1 N–H and O–H groups in total. The van der Waals surface area contributed by atoms with E-state index in [-0.39, 0.29) is 12.5 Å². The first-order chi connectivity index (χ1) is 10.8. The lowest BCUT2D eigenvalue weighted by molar-refractivity contribution is -0.127. The van der Waals surface area contributed by atoms with Crippen LogP contribution in [-0.4, -0.2) is 69.5 Å². The van der Waals surface area contributed by atoms with Crippen LogP contribution in [0, 0.1) is 0 Å². The zero-order valence-corrected chi connectivity index (χ0v) is 12.4. The lowest BCUT2D eigenvalue weighted by Crippen LogP contribution is -2.48. The summed E-state index contributed by atoms with van der Waals surface area (Å²) in [6.45, 7) is 3.89. The Morgan fingerprint density at radius 3 is 2.86 bits per heavy atom. The molecule has 1 fully saturated rings. The van der Waals surface area contributed by atoms with E-state index in [1.807, 2.05) is 39.8 Å². The van der Waals surface area contributed by atoms with Gasteiger partial charge in [0.2, 0.25) is 5.91 Å². The minimum Gasteiger partial charge on any atom is -0.395 e. The first kappa shape index (κ1) is 14.7. The van der Waals surface area contributed by atoms with Crippen molar-refractivity contribution in [3.63, 3.8) is 0 Å². The lowest BCUT2D eigenvalue weighted by Gasteiger charge is -2.33. The molecule has 2 aromatic heterocycles. The van der Waals surface area contributed by atoms with Crippen molar-refractivity contribution in [3.05, 3.63) is 42.4 Å². The van der Waals surface area contributed by atoms with Crippen LogP contribution in [0.4, 0.5) is 0 Å². The Kier molecular flexibility index (Phi) is 4.50. The molecule has 1 aliphatic rings. The molecule has 0 atom stereocenters. The predicted molar refractivity (Wildman–Crippen MR) is 84.3 cm³/mol. The Bertz CT molecular complexity index is 672. The number of piperazine rings is 1. The van der Waals surface area contributed by atoms with Gasteiger partial charge in [0.25, 0.3) is 0 Å². The first-order valence-electron chi connectivity index (χ1n) is 7.50. The van der Waals surface area contributed by atoms with Crippen LogP contribution < -0.4 is 0 Å². The molecule has 6 nitrogen and oxygen atoms in total. The van der Waals surface area contributed by atoms with Crippen LogP contribution in [0.2, 0.25) is 0 Å².